The molecule has 0 spiro atoms. The smallest absolute Gasteiger partial charge is 0.183 e. The highest BCUT2D eigenvalue weighted by molar-refractivity contribution is 5.61. The van der Waals surface area contributed by atoms with E-state index in [1.807, 2.05) is 42.5 Å². The molecule has 2 aromatic carbocycles. The first-order chi connectivity index (χ1) is 11.8. The molecule has 0 atom stereocenters. The zero-order valence-corrected chi connectivity index (χ0v) is 13.2. The van der Waals surface area contributed by atoms with Crippen LogP contribution < -0.4 is 10.1 Å². The van der Waals surface area contributed by atoms with E-state index >= 15 is 0 Å². The van der Waals surface area contributed by atoms with Crippen LogP contribution in [0.5, 0.6) is 5.75 Å². The molecule has 5 heteroatoms. The average Bonchev–Trinajstić information content (AvgIpc) is 2.62. The Morgan fingerprint density at radius 2 is 1.92 bits per heavy atom. The first kappa shape index (κ1) is 15.5. The number of nitrogens with zero attached hydrogens (tertiary/aromatic N) is 3. The maximum Gasteiger partial charge on any atom is 0.183 e. The fraction of sp³-hybridized carbons (Fsp3) is 0.105. The van der Waals surface area contributed by atoms with Crippen molar-refractivity contribution in [3.63, 3.8) is 0 Å². The van der Waals surface area contributed by atoms with E-state index in [1.165, 1.54) is 11.8 Å². The second-order valence-electron chi connectivity index (χ2n) is 5.23. The quantitative estimate of drug-likeness (QED) is 0.771. The molecule has 3 aromatic rings. The highest BCUT2D eigenvalue weighted by Gasteiger charge is 2.05. The molecule has 0 saturated heterocycles. The van der Waals surface area contributed by atoms with Crippen molar-refractivity contribution in [2.24, 2.45) is 0 Å². The molecule has 118 valence electrons. The highest BCUT2D eigenvalue weighted by Crippen LogP contribution is 2.22. The normalized spacial score (nSPS) is 10.0. The Bertz CT molecular complexity index is 886. The Kier molecular flexibility index (Phi) is 4.68. The van der Waals surface area contributed by atoms with Gasteiger partial charge in [0.2, 0.25) is 0 Å². The number of aromatic nitrogens is 2. The van der Waals surface area contributed by atoms with Gasteiger partial charge < -0.3 is 10.1 Å². The lowest BCUT2D eigenvalue weighted by atomic mass is 10.1. The van der Waals surface area contributed by atoms with E-state index in [9.17, 15) is 0 Å². The third-order valence-electron chi connectivity index (χ3n) is 3.56. The first-order valence-corrected chi connectivity index (χ1v) is 7.52. The molecule has 0 radical (unpaired) electrons. The van der Waals surface area contributed by atoms with E-state index in [2.05, 4.69) is 34.3 Å². The maximum absolute atomic E-state index is 9.07. The van der Waals surface area contributed by atoms with Gasteiger partial charge in [-0.3, -0.25) is 0 Å². The first-order valence-electron chi connectivity index (χ1n) is 7.52. The van der Waals surface area contributed by atoms with Gasteiger partial charge in [0.1, 0.15) is 18.4 Å². The summed E-state index contributed by atoms with van der Waals surface area (Å²) in [7, 11) is 0. The van der Waals surface area contributed by atoms with Crippen LogP contribution >= 0.6 is 0 Å². The molecule has 0 fully saturated rings. The summed E-state index contributed by atoms with van der Waals surface area (Å²) in [4.78, 5) is 8.13. The number of benzene rings is 2. The van der Waals surface area contributed by atoms with Gasteiger partial charge in [-0.1, -0.05) is 30.3 Å². The number of nitriles is 1. The van der Waals surface area contributed by atoms with Crippen LogP contribution in [-0.4, -0.2) is 9.97 Å². The van der Waals surface area contributed by atoms with Crippen LogP contribution in [0.2, 0.25) is 0 Å². The number of hydrogen-bond donors (Lipinski definition) is 1. The van der Waals surface area contributed by atoms with Gasteiger partial charge in [-0.2, -0.15) is 5.26 Å². The Hall–Kier alpha value is -3.39. The van der Waals surface area contributed by atoms with Gasteiger partial charge in [0.05, 0.1) is 0 Å². The van der Waals surface area contributed by atoms with Crippen molar-refractivity contribution in [3.8, 4) is 11.8 Å². The lowest BCUT2D eigenvalue weighted by Gasteiger charge is -2.11. The lowest BCUT2D eigenvalue weighted by molar-refractivity contribution is 0.305. The molecule has 24 heavy (non-hydrogen) atoms. The molecule has 0 aliphatic rings. The molecule has 5 nitrogen and oxygen atoms in total. The standard InChI is InChI=1S/C19H16N4O/c1-14-5-2-3-6-15(14)13-24-17-8-4-7-16(11-17)23-19-18(12-20)21-9-10-22-19/h2-11H,13H2,1H3,(H,22,23). The third-order valence-corrected chi connectivity index (χ3v) is 3.56. The molecule has 0 amide bonds. The van der Waals surface area contributed by atoms with E-state index < -0.39 is 0 Å². The second-order valence-corrected chi connectivity index (χ2v) is 5.23. The van der Waals surface area contributed by atoms with Gasteiger partial charge in [0, 0.05) is 24.1 Å². The van der Waals surface area contributed by atoms with Crippen LogP contribution in [0, 0.1) is 18.3 Å². The summed E-state index contributed by atoms with van der Waals surface area (Å²) in [5, 5.41) is 12.2. The van der Waals surface area contributed by atoms with E-state index in [0.717, 1.165) is 17.0 Å². The molecule has 1 heterocycles. The zero-order valence-electron chi connectivity index (χ0n) is 13.2. The average molecular weight is 316 g/mol. The summed E-state index contributed by atoms with van der Waals surface area (Å²) in [6.45, 7) is 2.57. The molecule has 0 bridgehead atoms. The van der Waals surface area contributed by atoms with E-state index in [1.54, 1.807) is 6.20 Å². The molecule has 0 aliphatic heterocycles. The van der Waals surface area contributed by atoms with E-state index in [-0.39, 0.29) is 5.69 Å². The Labute approximate surface area is 140 Å². The van der Waals surface area contributed by atoms with Crippen molar-refractivity contribution < 1.29 is 4.74 Å². The van der Waals surface area contributed by atoms with E-state index in [0.29, 0.717) is 12.4 Å². The van der Waals surface area contributed by atoms with Crippen LogP contribution in [0.1, 0.15) is 16.8 Å². The number of rotatable bonds is 5. The predicted molar refractivity (Wildman–Crippen MR) is 92.0 cm³/mol. The SMILES string of the molecule is Cc1ccccc1COc1cccc(Nc2nccnc2C#N)c1. The minimum atomic E-state index is 0.253. The minimum Gasteiger partial charge on any atom is -0.489 e. The Morgan fingerprint density at radius 1 is 1.08 bits per heavy atom. The van der Waals surface area contributed by atoms with Gasteiger partial charge in [-0.05, 0) is 30.2 Å². The number of nitrogens with one attached hydrogen (secondary N) is 1. The van der Waals surface area contributed by atoms with Crippen LogP contribution in [0.3, 0.4) is 0 Å². The monoisotopic (exact) mass is 316 g/mol. The molecule has 0 aliphatic carbocycles. The van der Waals surface area contributed by atoms with Crippen molar-refractivity contribution in [1.82, 2.24) is 9.97 Å². The number of ether oxygens (including phenoxy) is 1. The van der Waals surface area contributed by atoms with Gasteiger partial charge in [0.25, 0.3) is 0 Å². The minimum absolute atomic E-state index is 0.253. The summed E-state index contributed by atoms with van der Waals surface area (Å²) in [5.74, 6) is 1.17. The van der Waals surface area contributed by atoms with Gasteiger partial charge >= 0.3 is 0 Å². The van der Waals surface area contributed by atoms with Crippen LogP contribution in [-0.2, 0) is 6.61 Å². The van der Waals surface area contributed by atoms with Crippen molar-refractivity contribution >= 4 is 11.5 Å². The molecule has 1 N–H and O–H groups in total. The van der Waals surface area contributed by atoms with Gasteiger partial charge in [-0.15, -0.1) is 0 Å². The van der Waals surface area contributed by atoms with Gasteiger partial charge in [-0.25, -0.2) is 9.97 Å². The zero-order chi connectivity index (χ0) is 16.8. The third kappa shape index (κ3) is 3.68. The van der Waals surface area contributed by atoms with Crippen LogP contribution in [0.4, 0.5) is 11.5 Å². The van der Waals surface area contributed by atoms with Crippen molar-refractivity contribution in [3.05, 3.63) is 77.7 Å². The molecular weight excluding hydrogens is 300 g/mol. The van der Waals surface area contributed by atoms with Crippen molar-refractivity contribution in [1.29, 1.82) is 5.26 Å². The Balaban J connectivity index is 1.73. The van der Waals surface area contributed by atoms with E-state index in [4.69, 9.17) is 10.00 Å². The fourth-order valence-electron chi connectivity index (χ4n) is 2.24. The van der Waals surface area contributed by atoms with Gasteiger partial charge in [0.15, 0.2) is 11.5 Å². The lowest BCUT2D eigenvalue weighted by Crippen LogP contribution is -2.00. The molecule has 3 rings (SSSR count). The summed E-state index contributed by atoms with van der Waals surface area (Å²) in [5.41, 5.74) is 3.39. The number of anilines is 2. The molecule has 0 unspecified atom stereocenters. The number of aryl methyl sites for hydroxylation is 1. The van der Waals surface area contributed by atoms with Crippen LogP contribution in [0.15, 0.2) is 60.9 Å². The topological polar surface area (TPSA) is 70.8 Å². The summed E-state index contributed by atoms with van der Waals surface area (Å²) in [6.07, 6.45) is 3.03. The number of hydrogen-bond acceptors (Lipinski definition) is 5. The molecular formula is C19H16N4O. The predicted octanol–water partition coefficient (Wildman–Crippen LogP) is 3.98. The largest absolute Gasteiger partial charge is 0.489 e. The summed E-state index contributed by atoms with van der Waals surface area (Å²) < 4.78 is 5.87. The summed E-state index contributed by atoms with van der Waals surface area (Å²) in [6, 6.07) is 17.7. The van der Waals surface area contributed by atoms with Crippen molar-refractivity contribution in [2.45, 2.75) is 13.5 Å². The molecule has 1 aromatic heterocycles. The summed E-state index contributed by atoms with van der Waals surface area (Å²) >= 11 is 0. The Morgan fingerprint density at radius 3 is 2.75 bits per heavy atom. The second kappa shape index (κ2) is 7.25. The highest BCUT2D eigenvalue weighted by atomic mass is 16.5. The van der Waals surface area contributed by atoms with Crippen LogP contribution in [0.25, 0.3) is 0 Å². The maximum atomic E-state index is 9.07. The van der Waals surface area contributed by atoms with Crippen molar-refractivity contribution in [2.75, 3.05) is 5.32 Å². The fourth-order valence-corrected chi connectivity index (χ4v) is 2.24. The molecule has 0 saturated carbocycles.